The predicted octanol–water partition coefficient (Wildman–Crippen LogP) is 1.21. The van der Waals surface area contributed by atoms with E-state index < -0.39 is 12.2 Å². The number of rotatable bonds is 9. The van der Waals surface area contributed by atoms with Crippen LogP contribution in [0.3, 0.4) is 0 Å². The van der Waals surface area contributed by atoms with E-state index in [1.807, 2.05) is 31.2 Å². The third kappa shape index (κ3) is 7.09. The van der Waals surface area contributed by atoms with E-state index in [9.17, 15) is 14.7 Å². The zero-order valence-corrected chi connectivity index (χ0v) is 18.2. The van der Waals surface area contributed by atoms with Gasteiger partial charge in [-0.3, -0.25) is 10.2 Å². The second-order valence-electron chi connectivity index (χ2n) is 8.32. The lowest BCUT2D eigenvalue weighted by molar-refractivity contribution is -0.121. The van der Waals surface area contributed by atoms with Crippen molar-refractivity contribution in [1.29, 1.82) is 0 Å². The number of hydrogen-bond donors (Lipinski definition) is 5. The number of amides is 2. The molecular formula is C22H34N4O5. The predicted molar refractivity (Wildman–Crippen MR) is 115 cm³/mol. The van der Waals surface area contributed by atoms with Crippen LogP contribution in [-0.2, 0) is 16.0 Å². The first-order chi connectivity index (χ1) is 15.0. The topological polar surface area (TPSA) is 121 Å². The van der Waals surface area contributed by atoms with Gasteiger partial charge in [-0.1, -0.05) is 19.1 Å². The number of methoxy groups -OCH3 is 1. The fourth-order valence-corrected chi connectivity index (χ4v) is 4.14. The molecule has 31 heavy (non-hydrogen) atoms. The molecule has 2 fully saturated rings. The van der Waals surface area contributed by atoms with Gasteiger partial charge < -0.3 is 25.2 Å². The van der Waals surface area contributed by atoms with Crippen LogP contribution in [0.2, 0.25) is 0 Å². The lowest BCUT2D eigenvalue weighted by Crippen LogP contribution is -2.45. The van der Waals surface area contributed by atoms with Gasteiger partial charge in [-0.25, -0.2) is 10.2 Å². The fraction of sp³-hybridized carbons (Fsp3) is 0.636. The Bertz CT molecular complexity index is 729. The molecule has 1 saturated carbocycles. The molecule has 0 aromatic heterocycles. The summed E-state index contributed by atoms with van der Waals surface area (Å²) in [5.74, 6) is 1.10. The quantitative estimate of drug-likeness (QED) is 0.396. The Morgan fingerprint density at radius 2 is 1.97 bits per heavy atom. The highest BCUT2D eigenvalue weighted by atomic mass is 16.6. The highest BCUT2D eigenvalue weighted by molar-refractivity contribution is 5.78. The van der Waals surface area contributed by atoms with Crippen LogP contribution in [0.5, 0.6) is 5.75 Å². The van der Waals surface area contributed by atoms with Crippen molar-refractivity contribution in [2.45, 2.75) is 69.9 Å². The van der Waals surface area contributed by atoms with E-state index in [-0.39, 0.29) is 30.8 Å². The second-order valence-corrected chi connectivity index (χ2v) is 8.32. The van der Waals surface area contributed by atoms with E-state index in [1.165, 1.54) is 0 Å². The van der Waals surface area contributed by atoms with E-state index in [0.29, 0.717) is 18.8 Å². The molecule has 5 N–H and O–H groups in total. The summed E-state index contributed by atoms with van der Waals surface area (Å²) in [4.78, 5) is 24.2. The first-order valence-corrected chi connectivity index (χ1v) is 11.0. The number of alkyl carbamates (subject to hydrolysis) is 1. The number of carbonyl (C=O) groups is 2. The molecule has 0 radical (unpaired) electrons. The van der Waals surface area contributed by atoms with Crippen molar-refractivity contribution in [1.82, 2.24) is 21.5 Å². The molecule has 1 aromatic rings. The maximum atomic E-state index is 12.4. The van der Waals surface area contributed by atoms with Gasteiger partial charge in [-0.15, -0.1) is 0 Å². The van der Waals surface area contributed by atoms with Crippen LogP contribution in [0.4, 0.5) is 4.79 Å². The summed E-state index contributed by atoms with van der Waals surface area (Å²) in [6.45, 7) is 2.06. The Labute approximate surface area is 183 Å². The van der Waals surface area contributed by atoms with Crippen molar-refractivity contribution < 1.29 is 24.2 Å². The molecule has 3 unspecified atom stereocenters. The average Bonchev–Trinajstić information content (AvgIpc) is 3.42. The van der Waals surface area contributed by atoms with Crippen LogP contribution in [0.1, 0.15) is 44.6 Å². The van der Waals surface area contributed by atoms with Gasteiger partial charge in [-0.05, 0) is 55.7 Å². The molecule has 9 nitrogen and oxygen atoms in total. The molecule has 3 rings (SSSR count). The Hall–Kier alpha value is -2.36. The summed E-state index contributed by atoms with van der Waals surface area (Å²) in [5.41, 5.74) is 7.38. The van der Waals surface area contributed by atoms with Crippen molar-refractivity contribution in [3.8, 4) is 5.75 Å². The molecule has 172 valence electrons. The molecule has 2 amide bonds. The maximum absolute atomic E-state index is 12.4. The van der Waals surface area contributed by atoms with Gasteiger partial charge in [0.2, 0.25) is 5.91 Å². The summed E-state index contributed by atoms with van der Waals surface area (Å²) in [5, 5.41) is 15.2. The summed E-state index contributed by atoms with van der Waals surface area (Å²) in [7, 11) is 1.61. The number of aliphatic hydroxyl groups is 1. The van der Waals surface area contributed by atoms with Crippen LogP contribution in [0, 0.1) is 5.92 Å². The van der Waals surface area contributed by atoms with Crippen LogP contribution >= 0.6 is 0 Å². The maximum Gasteiger partial charge on any atom is 0.407 e. The molecule has 1 aromatic carbocycles. The summed E-state index contributed by atoms with van der Waals surface area (Å²) in [6, 6.07) is 7.68. The summed E-state index contributed by atoms with van der Waals surface area (Å²) < 4.78 is 10.6. The third-order valence-corrected chi connectivity index (χ3v) is 6.01. The Morgan fingerprint density at radius 1 is 1.19 bits per heavy atom. The highest BCUT2D eigenvalue weighted by Crippen LogP contribution is 2.32. The van der Waals surface area contributed by atoms with Gasteiger partial charge in [0, 0.05) is 12.6 Å². The molecule has 0 spiro atoms. The van der Waals surface area contributed by atoms with Crippen molar-refractivity contribution in [2.24, 2.45) is 5.92 Å². The fourth-order valence-electron chi connectivity index (χ4n) is 4.14. The summed E-state index contributed by atoms with van der Waals surface area (Å²) >= 11 is 0. The highest BCUT2D eigenvalue weighted by Gasteiger charge is 2.37. The Kier molecular flexibility index (Phi) is 8.51. The van der Waals surface area contributed by atoms with E-state index >= 15 is 0 Å². The zero-order valence-electron chi connectivity index (χ0n) is 18.2. The Balaban J connectivity index is 1.36. The van der Waals surface area contributed by atoms with Crippen molar-refractivity contribution in [2.75, 3.05) is 13.7 Å². The van der Waals surface area contributed by atoms with Crippen molar-refractivity contribution in [3.05, 3.63) is 29.8 Å². The average molecular weight is 435 g/mol. The number of carbonyl (C=O) groups excluding carboxylic acids is 2. The standard InChI is InChI=1S/C22H34N4O5/c1-3-16(27)13-23-22(29)31-18-9-6-15(11-18)19-12-20(26-25-19)24-21(28)10-14-4-7-17(30-2)8-5-14/h4-5,7-8,15-16,18-20,25-27H,3,6,9-13H2,1-2H3,(H,23,29)(H,24,28)/t15-,16?,18+,19?,20?/m0/s1. The molecule has 2 aliphatic rings. The third-order valence-electron chi connectivity index (χ3n) is 6.01. The molecule has 0 bridgehead atoms. The van der Waals surface area contributed by atoms with Crippen molar-refractivity contribution in [3.63, 3.8) is 0 Å². The van der Waals surface area contributed by atoms with Crippen molar-refractivity contribution >= 4 is 12.0 Å². The van der Waals surface area contributed by atoms with Crippen LogP contribution in [0.25, 0.3) is 0 Å². The molecule has 1 saturated heterocycles. The molecule has 1 aliphatic heterocycles. The van der Waals surface area contributed by atoms with E-state index in [2.05, 4.69) is 21.5 Å². The minimum atomic E-state index is -0.547. The first kappa shape index (κ1) is 23.3. The SMILES string of the molecule is CCC(O)CNC(=O)O[C@@H]1CC[C@H](C2CC(NC(=O)Cc3ccc(OC)cc3)NN2)C1. The largest absolute Gasteiger partial charge is 0.497 e. The van der Waals surface area contributed by atoms with Gasteiger partial charge in [-0.2, -0.15) is 0 Å². The van der Waals surface area contributed by atoms with Gasteiger partial charge in [0.05, 0.1) is 25.8 Å². The lowest BCUT2D eigenvalue weighted by atomic mass is 9.96. The van der Waals surface area contributed by atoms with E-state index in [4.69, 9.17) is 9.47 Å². The number of aliphatic hydroxyl groups excluding tert-OH is 1. The number of ether oxygens (including phenoxy) is 2. The van der Waals surface area contributed by atoms with E-state index in [0.717, 1.165) is 37.0 Å². The van der Waals surface area contributed by atoms with Gasteiger partial charge >= 0.3 is 6.09 Å². The first-order valence-electron chi connectivity index (χ1n) is 11.0. The zero-order chi connectivity index (χ0) is 22.2. The molecular weight excluding hydrogens is 400 g/mol. The van der Waals surface area contributed by atoms with Crippen LogP contribution < -0.4 is 26.2 Å². The smallest absolute Gasteiger partial charge is 0.407 e. The number of hydrazine groups is 1. The Morgan fingerprint density at radius 3 is 2.68 bits per heavy atom. The molecule has 1 aliphatic carbocycles. The minimum absolute atomic E-state index is 0.0383. The lowest BCUT2D eigenvalue weighted by Gasteiger charge is -2.18. The number of benzene rings is 1. The monoisotopic (exact) mass is 434 g/mol. The van der Waals surface area contributed by atoms with Gasteiger partial charge in [0.1, 0.15) is 11.9 Å². The number of nitrogens with one attached hydrogen (secondary N) is 4. The molecule has 9 heteroatoms. The second kappa shape index (κ2) is 11.3. The normalized spacial score (nSPS) is 26.3. The van der Waals surface area contributed by atoms with Gasteiger partial charge in [0.25, 0.3) is 0 Å². The minimum Gasteiger partial charge on any atom is -0.497 e. The molecule has 1 heterocycles. The summed E-state index contributed by atoms with van der Waals surface area (Å²) in [6.07, 6.45) is 2.98. The van der Waals surface area contributed by atoms with Crippen LogP contribution in [-0.4, -0.2) is 55.2 Å². The van der Waals surface area contributed by atoms with Crippen LogP contribution in [0.15, 0.2) is 24.3 Å². The number of hydrogen-bond acceptors (Lipinski definition) is 7. The van der Waals surface area contributed by atoms with Gasteiger partial charge in [0.15, 0.2) is 0 Å². The van der Waals surface area contributed by atoms with E-state index in [1.54, 1.807) is 7.11 Å². The molecule has 5 atom stereocenters.